The lowest BCUT2D eigenvalue weighted by Crippen LogP contribution is -2.43. The molecule has 0 spiro atoms. The number of nitrogens with one attached hydrogen (secondary N) is 2. The van der Waals surface area contributed by atoms with E-state index in [1.807, 2.05) is 29.2 Å². The van der Waals surface area contributed by atoms with Crippen LogP contribution in [0.15, 0.2) is 29.3 Å². The molecule has 1 unspecified atom stereocenters. The summed E-state index contributed by atoms with van der Waals surface area (Å²) in [5, 5.41) is 6.36. The summed E-state index contributed by atoms with van der Waals surface area (Å²) < 4.78 is 23.1. The molecule has 2 fully saturated rings. The normalized spacial score (nSPS) is 21.7. The smallest absolute Gasteiger partial charge is 0.253 e. The summed E-state index contributed by atoms with van der Waals surface area (Å²) in [6.45, 7) is 2.25. The van der Waals surface area contributed by atoms with E-state index in [-0.39, 0.29) is 47.4 Å². The van der Waals surface area contributed by atoms with Crippen molar-refractivity contribution in [2.24, 2.45) is 4.99 Å². The second-order valence-electron chi connectivity index (χ2n) is 7.22. The number of guanidine groups is 1. The van der Waals surface area contributed by atoms with Gasteiger partial charge in [0.05, 0.1) is 11.5 Å². The van der Waals surface area contributed by atoms with Gasteiger partial charge in [0.25, 0.3) is 5.91 Å². The van der Waals surface area contributed by atoms with Gasteiger partial charge in [0.2, 0.25) is 0 Å². The zero-order chi connectivity index (χ0) is 19.3. The van der Waals surface area contributed by atoms with Gasteiger partial charge in [-0.15, -0.1) is 24.0 Å². The van der Waals surface area contributed by atoms with Crippen molar-refractivity contribution in [1.82, 2.24) is 15.5 Å². The molecule has 0 bridgehead atoms. The van der Waals surface area contributed by atoms with E-state index < -0.39 is 9.84 Å². The second-order valence-corrected chi connectivity index (χ2v) is 9.45. The summed E-state index contributed by atoms with van der Waals surface area (Å²) >= 11 is 0. The van der Waals surface area contributed by atoms with E-state index in [1.54, 1.807) is 7.05 Å². The SMILES string of the molecule is CN=C(NCc1ccc(C(=O)N2CCCCC2)cc1)NC1CCS(=O)(=O)C1.I. The molecule has 2 aliphatic heterocycles. The highest BCUT2D eigenvalue weighted by Crippen LogP contribution is 2.14. The summed E-state index contributed by atoms with van der Waals surface area (Å²) in [6, 6.07) is 7.53. The van der Waals surface area contributed by atoms with E-state index in [4.69, 9.17) is 0 Å². The highest BCUT2D eigenvalue weighted by Gasteiger charge is 2.28. The minimum absolute atomic E-state index is 0. The van der Waals surface area contributed by atoms with Gasteiger partial charge in [-0.1, -0.05) is 12.1 Å². The molecule has 1 aromatic rings. The number of carbonyl (C=O) groups excluding carboxylic acids is 1. The van der Waals surface area contributed by atoms with Gasteiger partial charge in [0, 0.05) is 38.3 Å². The number of sulfone groups is 1. The maximum Gasteiger partial charge on any atom is 0.253 e. The fourth-order valence-corrected chi connectivity index (χ4v) is 5.20. The monoisotopic (exact) mass is 520 g/mol. The fourth-order valence-electron chi connectivity index (χ4n) is 3.53. The average molecular weight is 520 g/mol. The van der Waals surface area contributed by atoms with Gasteiger partial charge < -0.3 is 15.5 Å². The zero-order valence-electron chi connectivity index (χ0n) is 16.2. The van der Waals surface area contributed by atoms with Gasteiger partial charge in [0.15, 0.2) is 15.8 Å². The van der Waals surface area contributed by atoms with Crippen molar-refractivity contribution in [2.45, 2.75) is 38.3 Å². The Bertz CT molecular complexity index is 790. The summed E-state index contributed by atoms with van der Waals surface area (Å²) in [4.78, 5) is 18.6. The molecule has 9 heteroatoms. The Morgan fingerprint density at radius 3 is 2.43 bits per heavy atom. The molecule has 28 heavy (non-hydrogen) atoms. The van der Waals surface area contributed by atoms with Crippen LogP contribution in [0.3, 0.4) is 0 Å². The van der Waals surface area contributed by atoms with E-state index in [2.05, 4.69) is 15.6 Å². The molecule has 3 rings (SSSR count). The fraction of sp³-hybridized carbons (Fsp3) is 0.579. The van der Waals surface area contributed by atoms with Crippen molar-refractivity contribution in [3.8, 4) is 0 Å². The molecule has 0 radical (unpaired) electrons. The van der Waals surface area contributed by atoms with E-state index >= 15 is 0 Å². The van der Waals surface area contributed by atoms with Gasteiger partial charge >= 0.3 is 0 Å². The van der Waals surface area contributed by atoms with Gasteiger partial charge in [-0.05, 0) is 43.4 Å². The lowest BCUT2D eigenvalue weighted by molar-refractivity contribution is 0.0724. The number of hydrogen-bond acceptors (Lipinski definition) is 4. The van der Waals surface area contributed by atoms with Crippen LogP contribution in [0.25, 0.3) is 0 Å². The third-order valence-corrected chi connectivity index (χ3v) is 6.87. The highest BCUT2D eigenvalue weighted by atomic mass is 127. The molecule has 7 nitrogen and oxygen atoms in total. The molecule has 156 valence electrons. The molecule has 0 saturated carbocycles. The number of hydrogen-bond donors (Lipinski definition) is 2. The van der Waals surface area contributed by atoms with Crippen LogP contribution in [0.5, 0.6) is 0 Å². The molecule has 1 amide bonds. The van der Waals surface area contributed by atoms with Crippen LogP contribution in [0.1, 0.15) is 41.6 Å². The van der Waals surface area contributed by atoms with E-state index in [9.17, 15) is 13.2 Å². The molecular weight excluding hydrogens is 491 g/mol. The third-order valence-electron chi connectivity index (χ3n) is 5.10. The van der Waals surface area contributed by atoms with Gasteiger partial charge in [-0.3, -0.25) is 9.79 Å². The number of aliphatic imine (C=N–C) groups is 1. The summed E-state index contributed by atoms with van der Waals surface area (Å²) in [5.74, 6) is 1.08. The average Bonchev–Trinajstić information content (AvgIpc) is 3.04. The first kappa shape index (κ1) is 22.9. The van der Waals surface area contributed by atoms with Crippen LogP contribution in [0.2, 0.25) is 0 Å². The molecular formula is C19H29IN4O3S. The number of benzene rings is 1. The van der Waals surface area contributed by atoms with Gasteiger partial charge in [-0.2, -0.15) is 0 Å². The Labute approximate surface area is 184 Å². The quantitative estimate of drug-likeness (QED) is 0.359. The van der Waals surface area contributed by atoms with Crippen molar-refractivity contribution < 1.29 is 13.2 Å². The minimum atomic E-state index is -2.92. The first-order valence-corrected chi connectivity index (χ1v) is 11.3. The second kappa shape index (κ2) is 10.4. The van der Waals surface area contributed by atoms with Crippen LogP contribution in [-0.2, 0) is 16.4 Å². The number of rotatable bonds is 4. The largest absolute Gasteiger partial charge is 0.353 e. The third kappa shape index (κ3) is 6.33. The molecule has 2 heterocycles. The topological polar surface area (TPSA) is 90.9 Å². The lowest BCUT2D eigenvalue weighted by atomic mass is 10.1. The molecule has 2 saturated heterocycles. The van der Waals surface area contributed by atoms with E-state index in [1.165, 1.54) is 6.42 Å². The summed E-state index contributed by atoms with van der Waals surface area (Å²) in [7, 11) is -1.25. The number of piperidine rings is 1. The number of carbonyl (C=O) groups is 1. The predicted octanol–water partition coefficient (Wildman–Crippen LogP) is 1.78. The van der Waals surface area contributed by atoms with Crippen LogP contribution in [0.4, 0.5) is 0 Å². The Balaban J connectivity index is 0.00000280. The molecule has 2 N–H and O–H groups in total. The number of amides is 1. The molecule has 1 aromatic carbocycles. The Morgan fingerprint density at radius 2 is 1.86 bits per heavy atom. The van der Waals surface area contributed by atoms with Crippen molar-refractivity contribution >= 4 is 45.7 Å². The maximum atomic E-state index is 12.5. The van der Waals surface area contributed by atoms with Crippen LogP contribution in [-0.4, -0.2) is 62.9 Å². The lowest BCUT2D eigenvalue weighted by Gasteiger charge is -2.26. The molecule has 0 aliphatic carbocycles. The Kier molecular flexibility index (Phi) is 8.54. The van der Waals surface area contributed by atoms with E-state index in [0.29, 0.717) is 18.9 Å². The molecule has 0 aromatic heterocycles. The molecule has 2 aliphatic rings. The zero-order valence-corrected chi connectivity index (χ0v) is 19.3. The van der Waals surface area contributed by atoms with Gasteiger partial charge in [0.1, 0.15) is 0 Å². The standard InChI is InChI=1S/C19H28N4O3S.HI/c1-20-19(22-17-9-12-27(25,26)14-17)21-13-15-5-7-16(8-6-15)18(24)23-10-3-2-4-11-23;/h5-8,17H,2-4,9-14H2,1H3,(H2,20,21,22);1H. The van der Waals surface area contributed by atoms with Crippen molar-refractivity contribution in [3.05, 3.63) is 35.4 Å². The number of nitrogens with zero attached hydrogens (tertiary/aromatic N) is 2. The summed E-state index contributed by atoms with van der Waals surface area (Å²) in [5.41, 5.74) is 1.76. The maximum absolute atomic E-state index is 12.5. The van der Waals surface area contributed by atoms with Crippen LogP contribution >= 0.6 is 24.0 Å². The van der Waals surface area contributed by atoms with Crippen molar-refractivity contribution in [2.75, 3.05) is 31.6 Å². The first-order chi connectivity index (χ1) is 13.0. The van der Waals surface area contributed by atoms with Crippen LogP contribution < -0.4 is 10.6 Å². The Morgan fingerprint density at radius 1 is 1.18 bits per heavy atom. The highest BCUT2D eigenvalue weighted by molar-refractivity contribution is 14.0. The number of halogens is 1. The number of likely N-dealkylation sites (tertiary alicyclic amines) is 1. The van der Waals surface area contributed by atoms with Crippen molar-refractivity contribution in [1.29, 1.82) is 0 Å². The first-order valence-electron chi connectivity index (χ1n) is 9.53. The minimum Gasteiger partial charge on any atom is -0.353 e. The molecule has 1 atom stereocenters. The summed E-state index contributed by atoms with van der Waals surface area (Å²) in [6.07, 6.45) is 3.98. The Hall–Kier alpha value is -1.36. The van der Waals surface area contributed by atoms with Crippen molar-refractivity contribution in [3.63, 3.8) is 0 Å². The van der Waals surface area contributed by atoms with E-state index in [0.717, 1.165) is 37.1 Å². The predicted molar refractivity (Wildman–Crippen MR) is 122 cm³/mol. The van der Waals surface area contributed by atoms with Crippen LogP contribution in [0, 0.1) is 0 Å². The van der Waals surface area contributed by atoms with Gasteiger partial charge in [-0.25, -0.2) is 8.42 Å².